The lowest BCUT2D eigenvalue weighted by atomic mass is 10.1. The van der Waals surface area contributed by atoms with Crippen LogP contribution in [-0.2, 0) is 7.05 Å². The van der Waals surface area contributed by atoms with E-state index < -0.39 is 11.6 Å². The molecule has 3 rings (SSSR count). The highest BCUT2D eigenvalue weighted by atomic mass is 16.2. The van der Waals surface area contributed by atoms with Gasteiger partial charge >= 0.3 is 5.69 Å². The Labute approximate surface area is 129 Å². The summed E-state index contributed by atoms with van der Waals surface area (Å²) < 4.78 is 2.14. The van der Waals surface area contributed by atoms with E-state index in [4.69, 9.17) is 0 Å². The first-order valence-electron chi connectivity index (χ1n) is 6.71. The Kier molecular flexibility index (Phi) is 3.67. The Balaban J connectivity index is 1.78. The number of aryl methyl sites for hydroxylation is 1. The molecule has 0 saturated heterocycles. The summed E-state index contributed by atoms with van der Waals surface area (Å²) in [6.07, 6.45) is 1.19. The molecule has 0 unspecified atom stereocenters. The van der Waals surface area contributed by atoms with Gasteiger partial charge in [0.1, 0.15) is 6.33 Å². The number of carbonyl (C=O) groups excluding carboxylic acids is 2. The standard InChI is InChI=1S/C14H12N6O3/c1-19-14(23)20-8-16-11(12(20)17-18-19)13(22)15-7-10(21)9-5-3-2-4-6-9/h2-6,8H,7H2,1H3,(H,15,22). The average molecular weight is 312 g/mol. The first-order chi connectivity index (χ1) is 11.1. The Bertz CT molecular complexity index is 944. The van der Waals surface area contributed by atoms with Crippen molar-refractivity contribution in [1.82, 2.24) is 29.7 Å². The van der Waals surface area contributed by atoms with Gasteiger partial charge in [-0.1, -0.05) is 35.5 Å². The van der Waals surface area contributed by atoms with E-state index in [1.807, 2.05) is 0 Å². The maximum atomic E-state index is 12.1. The Morgan fingerprint density at radius 3 is 2.70 bits per heavy atom. The van der Waals surface area contributed by atoms with Gasteiger partial charge in [-0.25, -0.2) is 14.2 Å². The predicted molar refractivity (Wildman–Crippen MR) is 79.1 cm³/mol. The molecule has 116 valence electrons. The summed E-state index contributed by atoms with van der Waals surface area (Å²) in [6, 6.07) is 8.60. The highest BCUT2D eigenvalue weighted by molar-refractivity contribution is 6.03. The van der Waals surface area contributed by atoms with Crippen molar-refractivity contribution < 1.29 is 9.59 Å². The molecule has 1 aromatic carbocycles. The zero-order valence-corrected chi connectivity index (χ0v) is 12.1. The summed E-state index contributed by atoms with van der Waals surface area (Å²) in [6.45, 7) is -0.180. The Morgan fingerprint density at radius 2 is 1.96 bits per heavy atom. The van der Waals surface area contributed by atoms with Gasteiger partial charge in [0.05, 0.1) is 6.54 Å². The van der Waals surface area contributed by atoms with Gasteiger partial charge in [0, 0.05) is 12.6 Å². The molecule has 1 N–H and O–H groups in total. The lowest BCUT2D eigenvalue weighted by Gasteiger charge is -2.03. The van der Waals surface area contributed by atoms with Gasteiger partial charge in [0.25, 0.3) is 5.91 Å². The number of amides is 1. The summed E-state index contributed by atoms with van der Waals surface area (Å²) in [7, 11) is 1.44. The normalized spacial score (nSPS) is 10.7. The predicted octanol–water partition coefficient (Wildman–Crippen LogP) is -0.564. The highest BCUT2D eigenvalue weighted by Gasteiger charge is 2.18. The van der Waals surface area contributed by atoms with E-state index in [9.17, 15) is 14.4 Å². The van der Waals surface area contributed by atoms with Crippen molar-refractivity contribution in [2.75, 3.05) is 6.54 Å². The number of nitrogens with one attached hydrogen (secondary N) is 1. The van der Waals surface area contributed by atoms with Crippen LogP contribution in [0, 0.1) is 0 Å². The molecule has 0 aliphatic heterocycles. The second kappa shape index (κ2) is 5.79. The first-order valence-corrected chi connectivity index (χ1v) is 6.71. The maximum absolute atomic E-state index is 12.1. The van der Waals surface area contributed by atoms with E-state index in [0.29, 0.717) is 5.56 Å². The van der Waals surface area contributed by atoms with Crippen molar-refractivity contribution in [2.24, 2.45) is 7.05 Å². The zero-order chi connectivity index (χ0) is 16.4. The summed E-state index contributed by atoms with van der Waals surface area (Å²) in [5, 5.41) is 9.86. The molecule has 0 saturated carbocycles. The minimum atomic E-state index is -0.598. The zero-order valence-electron chi connectivity index (χ0n) is 12.1. The minimum Gasteiger partial charge on any atom is -0.343 e. The fourth-order valence-electron chi connectivity index (χ4n) is 2.01. The number of imidazole rings is 1. The van der Waals surface area contributed by atoms with Crippen LogP contribution >= 0.6 is 0 Å². The number of benzene rings is 1. The number of fused-ring (bicyclic) bond motifs is 1. The van der Waals surface area contributed by atoms with Crippen molar-refractivity contribution in [1.29, 1.82) is 0 Å². The molecule has 3 aromatic rings. The molecule has 0 bridgehead atoms. The van der Waals surface area contributed by atoms with Crippen molar-refractivity contribution in [3.8, 4) is 0 Å². The number of hydrogen-bond donors (Lipinski definition) is 1. The minimum absolute atomic E-state index is 0.0396. The molecule has 2 heterocycles. The van der Waals surface area contributed by atoms with Crippen LogP contribution in [0.1, 0.15) is 20.8 Å². The number of Topliss-reactive ketones (excluding diaryl/α,β-unsaturated/α-hetero) is 1. The molecule has 9 nitrogen and oxygen atoms in total. The second-order valence-electron chi connectivity index (χ2n) is 4.75. The summed E-state index contributed by atoms with van der Waals surface area (Å²) in [5.41, 5.74) is 0.00638. The van der Waals surface area contributed by atoms with Crippen LogP contribution in [0.25, 0.3) is 5.65 Å². The lowest BCUT2D eigenvalue weighted by molar-refractivity contribution is 0.0902. The molecule has 0 aliphatic carbocycles. The van der Waals surface area contributed by atoms with Crippen LogP contribution in [0.2, 0.25) is 0 Å². The van der Waals surface area contributed by atoms with Gasteiger partial charge in [-0.05, 0) is 0 Å². The third-order valence-electron chi connectivity index (χ3n) is 3.22. The van der Waals surface area contributed by atoms with Gasteiger partial charge in [-0.15, -0.1) is 5.10 Å². The van der Waals surface area contributed by atoms with Gasteiger partial charge in [0.15, 0.2) is 17.1 Å². The van der Waals surface area contributed by atoms with Crippen LogP contribution in [0.5, 0.6) is 0 Å². The topological polar surface area (TPSA) is 111 Å². The molecule has 23 heavy (non-hydrogen) atoms. The number of hydrogen-bond acceptors (Lipinski definition) is 6. The van der Waals surface area contributed by atoms with Gasteiger partial charge in [0.2, 0.25) is 0 Å². The quantitative estimate of drug-likeness (QED) is 0.646. The fraction of sp³-hybridized carbons (Fsp3) is 0.143. The monoisotopic (exact) mass is 312 g/mol. The van der Waals surface area contributed by atoms with Gasteiger partial charge in [-0.2, -0.15) is 4.68 Å². The van der Waals surface area contributed by atoms with Crippen molar-refractivity contribution in [3.63, 3.8) is 0 Å². The molecule has 9 heteroatoms. The summed E-state index contributed by atoms with van der Waals surface area (Å²) in [5.74, 6) is -0.830. The van der Waals surface area contributed by atoms with Gasteiger partial charge < -0.3 is 5.32 Å². The number of ketones is 1. The molecular formula is C14H12N6O3. The fourth-order valence-corrected chi connectivity index (χ4v) is 2.01. The van der Waals surface area contributed by atoms with E-state index >= 15 is 0 Å². The molecule has 2 aromatic heterocycles. The molecule has 0 aliphatic rings. The lowest BCUT2D eigenvalue weighted by Crippen LogP contribution is -2.31. The third-order valence-corrected chi connectivity index (χ3v) is 3.22. The van der Waals surface area contributed by atoms with Crippen LogP contribution < -0.4 is 11.0 Å². The van der Waals surface area contributed by atoms with E-state index in [1.165, 1.54) is 13.4 Å². The molecule has 0 spiro atoms. The Hall–Kier alpha value is -3.36. The number of aromatic nitrogens is 5. The smallest absolute Gasteiger partial charge is 0.343 e. The van der Waals surface area contributed by atoms with Crippen molar-refractivity contribution in [2.45, 2.75) is 0 Å². The number of rotatable bonds is 4. The Morgan fingerprint density at radius 1 is 1.22 bits per heavy atom. The van der Waals surface area contributed by atoms with Crippen LogP contribution in [0.15, 0.2) is 41.5 Å². The third kappa shape index (κ3) is 2.71. The molecule has 0 radical (unpaired) electrons. The average Bonchev–Trinajstić information content (AvgIpc) is 3.01. The van der Waals surface area contributed by atoms with Gasteiger partial charge in [-0.3, -0.25) is 9.59 Å². The van der Waals surface area contributed by atoms with E-state index in [1.54, 1.807) is 30.3 Å². The molecular weight excluding hydrogens is 300 g/mol. The number of carbonyl (C=O) groups is 2. The SMILES string of the molecule is Cn1nnc2c(C(=O)NCC(=O)c3ccccc3)ncn2c1=O. The largest absolute Gasteiger partial charge is 0.352 e. The summed E-state index contributed by atoms with van der Waals surface area (Å²) >= 11 is 0. The van der Waals surface area contributed by atoms with Crippen molar-refractivity contribution in [3.05, 3.63) is 58.4 Å². The first kappa shape index (κ1) is 14.6. The molecule has 0 atom stereocenters. The second-order valence-corrected chi connectivity index (χ2v) is 4.75. The van der Waals surface area contributed by atoms with E-state index in [-0.39, 0.29) is 23.7 Å². The van der Waals surface area contributed by atoms with E-state index in [2.05, 4.69) is 20.6 Å². The van der Waals surface area contributed by atoms with E-state index in [0.717, 1.165) is 9.08 Å². The highest BCUT2D eigenvalue weighted by Crippen LogP contribution is 2.03. The molecule has 1 amide bonds. The summed E-state index contributed by atoms with van der Waals surface area (Å²) in [4.78, 5) is 39.8. The van der Waals surface area contributed by atoms with Crippen molar-refractivity contribution >= 4 is 17.3 Å². The molecule has 0 fully saturated rings. The van der Waals surface area contributed by atoms with Crippen LogP contribution in [0.4, 0.5) is 0 Å². The maximum Gasteiger partial charge on any atom is 0.352 e. The van der Waals surface area contributed by atoms with Crippen LogP contribution in [-0.4, -0.2) is 42.6 Å². The van der Waals surface area contributed by atoms with Crippen LogP contribution in [0.3, 0.4) is 0 Å². The number of nitrogens with zero attached hydrogens (tertiary/aromatic N) is 5.